The number of hydrogen-bond donors (Lipinski definition) is 1. The zero-order chi connectivity index (χ0) is 20.1. The van der Waals surface area contributed by atoms with Gasteiger partial charge in [0.05, 0.1) is 0 Å². The number of halogens is 1. The van der Waals surface area contributed by atoms with Crippen molar-refractivity contribution in [3.8, 4) is 0 Å². The van der Waals surface area contributed by atoms with Gasteiger partial charge in [-0.15, -0.1) is 11.6 Å². The molecule has 0 bridgehead atoms. The summed E-state index contributed by atoms with van der Waals surface area (Å²) in [5.41, 5.74) is 0. The summed E-state index contributed by atoms with van der Waals surface area (Å²) in [6, 6.07) is 0. The maximum atomic E-state index is 7.18. The molecule has 0 saturated carbocycles. The average molecular weight is 419 g/mol. The number of alkyl halides is 1. The molecule has 0 aromatic rings. The largest absolute Gasteiger partial charge is 1.00 e. The Bertz CT molecular complexity index is 270. The van der Waals surface area contributed by atoms with Crippen molar-refractivity contribution in [1.82, 2.24) is 6.15 Å². The van der Waals surface area contributed by atoms with Crippen molar-refractivity contribution in [2.75, 3.05) is 0 Å². The van der Waals surface area contributed by atoms with Crippen LogP contribution in [0.5, 0.6) is 0 Å². The van der Waals surface area contributed by atoms with Crippen molar-refractivity contribution in [3.63, 3.8) is 0 Å². The van der Waals surface area contributed by atoms with Gasteiger partial charge >= 0.3 is 1.43 Å². The first-order valence-electron chi connectivity index (χ1n) is 12.9. The summed E-state index contributed by atoms with van der Waals surface area (Å²) in [7, 11) is 0. The molecule has 0 aliphatic carbocycles. The van der Waals surface area contributed by atoms with Gasteiger partial charge in [-0.2, -0.15) is 0 Å². The Kier molecular flexibility index (Phi) is 25.6. The Morgan fingerprint density at radius 2 is 0.643 bits per heavy atom. The molecule has 0 aliphatic heterocycles. The summed E-state index contributed by atoms with van der Waals surface area (Å²) >= 11 is 7.18. The van der Waals surface area contributed by atoms with Crippen molar-refractivity contribution in [1.29, 1.82) is 0 Å². The quantitative estimate of drug-likeness (QED) is 0.137. The van der Waals surface area contributed by atoms with Gasteiger partial charge in [-0.25, -0.2) is 0 Å². The summed E-state index contributed by atoms with van der Waals surface area (Å²) in [6.45, 7) is 6.89. The van der Waals surface area contributed by atoms with Crippen LogP contribution in [-0.2, 0) is 0 Å². The molecule has 0 amide bonds. The smallest absolute Gasteiger partial charge is 0.344 e. The molecule has 172 valence electrons. The number of unbranched alkanes of at least 4 members (excludes halogenated alkanes) is 16. The summed E-state index contributed by atoms with van der Waals surface area (Å²) in [5.74, 6) is 0. The van der Waals surface area contributed by atoms with E-state index in [4.69, 9.17) is 11.6 Å². The zero-order valence-corrected chi connectivity index (χ0v) is 20.9. The molecule has 0 radical (unpaired) electrons. The first kappa shape index (κ1) is 30.4. The maximum absolute atomic E-state index is 7.18. The molecule has 0 aromatic carbocycles. The fourth-order valence-electron chi connectivity index (χ4n) is 4.22. The van der Waals surface area contributed by atoms with Gasteiger partial charge in [0.2, 0.25) is 0 Å². The van der Waals surface area contributed by atoms with Gasteiger partial charge in [0.25, 0.3) is 0 Å². The molecule has 1 nitrogen and oxygen atoms in total. The minimum absolute atomic E-state index is 0. The third-order valence-electron chi connectivity index (χ3n) is 6.19. The second-order valence-electron chi connectivity index (χ2n) is 9.06. The van der Waals surface area contributed by atoms with Crippen LogP contribution in [0.3, 0.4) is 0 Å². The number of hydrogen-bond acceptors (Lipinski definition) is 1. The summed E-state index contributed by atoms with van der Waals surface area (Å²) in [4.78, 5) is 0.110. The average Bonchev–Trinajstić information content (AvgIpc) is 2.67. The minimum atomic E-state index is 0. The SMILES string of the molecule is CCCCCCCCCC(Cl)(CCCCCCCC)CCCCCCCC.N.[H+]. The van der Waals surface area contributed by atoms with E-state index in [0.29, 0.717) is 0 Å². The molecule has 0 spiro atoms. The second-order valence-corrected chi connectivity index (χ2v) is 9.86. The predicted octanol–water partition coefficient (Wildman–Crippen LogP) is 10.9. The highest BCUT2D eigenvalue weighted by Gasteiger charge is 2.25. The summed E-state index contributed by atoms with van der Waals surface area (Å²) in [6.07, 6.45) is 30.2. The van der Waals surface area contributed by atoms with Crippen LogP contribution in [0.2, 0.25) is 0 Å². The van der Waals surface area contributed by atoms with E-state index in [9.17, 15) is 0 Å². The monoisotopic (exact) mass is 418 g/mol. The third kappa shape index (κ3) is 21.0. The van der Waals surface area contributed by atoms with Gasteiger partial charge in [0, 0.05) is 4.87 Å². The first-order chi connectivity index (χ1) is 13.2. The van der Waals surface area contributed by atoms with Crippen LogP contribution in [0.1, 0.15) is 163 Å². The number of rotatable bonds is 22. The van der Waals surface area contributed by atoms with Crippen molar-refractivity contribution >= 4 is 11.6 Å². The molecule has 0 aromatic heterocycles. The molecule has 0 fully saturated rings. The fourth-order valence-corrected chi connectivity index (χ4v) is 4.62. The standard InChI is InChI=1S/C26H53Cl.H3N/c1-4-7-10-13-16-19-22-25-26(27,23-20-17-14-11-8-5-2)24-21-18-15-12-9-6-3;/h4-25H2,1-3H3;1H3/p+1. The van der Waals surface area contributed by atoms with E-state index in [1.165, 1.54) is 141 Å². The second kappa shape index (κ2) is 23.5. The van der Waals surface area contributed by atoms with Crippen LogP contribution in [0.15, 0.2) is 0 Å². The molecule has 2 heteroatoms. The van der Waals surface area contributed by atoms with Crippen LogP contribution in [0.25, 0.3) is 0 Å². The molecule has 0 atom stereocenters. The summed E-state index contributed by atoms with van der Waals surface area (Å²) < 4.78 is 0. The van der Waals surface area contributed by atoms with Crippen LogP contribution >= 0.6 is 11.6 Å². The minimum Gasteiger partial charge on any atom is -0.344 e. The normalized spacial score (nSPS) is 11.6. The van der Waals surface area contributed by atoms with E-state index in [1.54, 1.807) is 0 Å². The molecule has 28 heavy (non-hydrogen) atoms. The third-order valence-corrected chi connectivity index (χ3v) is 6.75. The van der Waals surface area contributed by atoms with E-state index in [2.05, 4.69) is 20.8 Å². The topological polar surface area (TPSA) is 35.0 Å². The van der Waals surface area contributed by atoms with Gasteiger partial charge in [0.15, 0.2) is 0 Å². The van der Waals surface area contributed by atoms with Crippen LogP contribution < -0.4 is 6.15 Å². The molecular weight excluding hydrogens is 362 g/mol. The van der Waals surface area contributed by atoms with Crippen LogP contribution in [-0.4, -0.2) is 4.87 Å². The molecular formula is C26H57ClN+. The molecule has 3 N–H and O–H groups in total. The summed E-state index contributed by atoms with van der Waals surface area (Å²) in [5, 5.41) is 0. The van der Waals surface area contributed by atoms with Gasteiger partial charge in [-0.1, -0.05) is 143 Å². The maximum Gasteiger partial charge on any atom is 1.00 e. The first-order valence-corrected chi connectivity index (χ1v) is 13.2. The molecule has 0 heterocycles. The zero-order valence-electron chi connectivity index (χ0n) is 21.1. The van der Waals surface area contributed by atoms with E-state index in [1.807, 2.05) is 0 Å². The predicted molar refractivity (Wildman–Crippen MR) is 133 cm³/mol. The molecule has 0 saturated heterocycles. The lowest BCUT2D eigenvalue weighted by Gasteiger charge is -2.27. The van der Waals surface area contributed by atoms with Crippen molar-refractivity contribution in [2.45, 2.75) is 167 Å². The van der Waals surface area contributed by atoms with Crippen LogP contribution in [0, 0.1) is 0 Å². The lowest BCUT2D eigenvalue weighted by molar-refractivity contribution is 0.395. The lowest BCUT2D eigenvalue weighted by atomic mass is 9.88. The molecule has 0 unspecified atom stereocenters. The lowest BCUT2D eigenvalue weighted by Crippen LogP contribution is -2.21. The highest BCUT2D eigenvalue weighted by Crippen LogP contribution is 2.35. The van der Waals surface area contributed by atoms with Gasteiger partial charge < -0.3 is 6.15 Å². The Balaban J connectivity index is -0.00000338. The fraction of sp³-hybridized carbons (Fsp3) is 1.00. The Morgan fingerprint density at radius 1 is 0.429 bits per heavy atom. The van der Waals surface area contributed by atoms with Crippen molar-refractivity contribution < 1.29 is 1.43 Å². The van der Waals surface area contributed by atoms with Crippen LogP contribution in [0.4, 0.5) is 0 Å². The highest BCUT2D eigenvalue weighted by atomic mass is 35.5. The highest BCUT2D eigenvalue weighted by molar-refractivity contribution is 6.23. The van der Waals surface area contributed by atoms with Gasteiger partial charge in [0.1, 0.15) is 0 Å². The van der Waals surface area contributed by atoms with E-state index in [0.717, 1.165) is 0 Å². The van der Waals surface area contributed by atoms with Gasteiger partial charge in [-0.3, -0.25) is 0 Å². The Morgan fingerprint density at radius 3 is 0.893 bits per heavy atom. The Labute approximate surface area is 186 Å². The van der Waals surface area contributed by atoms with Crippen molar-refractivity contribution in [3.05, 3.63) is 0 Å². The molecule has 0 aliphatic rings. The molecule has 0 rings (SSSR count). The van der Waals surface area contributed by atoms with E-state index >= 15 is 0 Å². The van der Waals surface area contributed by atoms with Gasteiger partial charge in [-0.05, 0) is 19.3 Å². The van der Waals surface area contributed by atoms with Crippen molar-refractivity contribution in [2.24, 2.45) is 0 Å². The Hall–Kier alpha value is 0.250. The van der Waals surface area contributed by atoms with E-state index in [-0.39, 0.29) is 12.5 Å². The van der Waals surface area contributed by atoms with E-state index < -0.39 is 0 Å².